The van der Waals surface area contributed by atoms with Gasteiger partial charge in [0.15, 0.2) is 0 Å². The smallest absolute Gasteiger partial charge is 0.0386 e. The van der Waals surface area contributed by atoms with Crippen LogP contribution in [0.1, 0.15) is 122 Å². The first-order chi connectivity index (χ1) is 11.4. The van der Waals surface area contributed by atoms with Gasteiger partial charge >= 0.3 is 0 Å². The minimum Gasteiger partial charge on any atom is -0.0533 e. The van der Waals surface area contributed by atoms with Crippen LogP contribution in [-0.2, 0) is 0 Å². The van der Waals surface area contributed by atoms with Crippen molar-refractivity contribution in [3.63, 3.8) is 0 Å². The van der Waals surface area contributed by atoms with Gasteiger partial charge in [-0.1, -0.05) is 109 Å². The first kappa shape index (κ1) is 17.8. The second kappa shape index (κ2) is 10.1. The van der Waals surface area contributed by atoms with E-state index in [1.165, 1.54) is 57.8 Å². The lowest BCUT2D eigenvalue weighted by Gasteiger charge is -2.33. The Hall–Kier alpha value is 0. The maximum atomic E-state index is 1.59. The third-order valence-corrected chi connectivity index (χ3v) is 7.66. The molecule has 134 valence electrons. The van der Waals surface area contributed by atoms with E-state index in [1.54, 1.807) is 64.2 Å². The highest BCUT2D eigenvalue weighted by molar-refractivity contribution is 4.78. The summed E-state index contributed by atoms with van der Waals surface area (Å²) in [5.41, 5.74) is 0. The fourth-order valence-corrected chi connectivity index (χ4v) is 6.07. The molecule has 23 heavy (non-hydrogen) atoms. The number of hydrogen-bond donors (Lipinski definition) is 0. The minimum atomic E-state index is 1.10. The monoisotopic (exact) mass is 318 g/mol. The van der Waals surface area contributed by atoms with E-state index in [2.05, 4.69) is 0 Å². The molecule has 0 aromatic rings. The Morgan fingerprint density at radius 3 is 1.30 bits per heavy atom. The molecule has 0 bridgehead atoms. The van der Waals surface area contributed by atoms with Gasteiger partial charge in [0.25, 0.3) is 0 Å². The van der Waals surface area contributed by atoms with E-state index < -0.39 is 0 Å². The van der Waals surface area contributed by atoms with Crippen LogP contribution in [-0.4, -0.2) is 0 Å². The lowest BCUT2D eigenvalue weighted by Crippen LogP contribution is -2.21. The summed E-state index contributed by atoms with van der Waals surface area (Å²) in [6.45, 7) is 0. The van der Waals surface area contributed by atoms with Crippen molar-refractivity contribution in [2.24, 2.45) is 23.7 Å². The molecule has 0 aromatic carbocycles. The van der Waals surface area contributed by atoms with Gasteiger partial charge in [0.2, 0.25) is 0 Å². The van der Waals surface area contributed by atoms with E-state index in [0.29, 0.717) is 0 Å². The molecule has 0 heterocycles. The van der Waals surface area contributed by atoms with Gasteiger partial charge in [-0.2, -0.15) is 0 Å². The van der Waals surface area contributed by atoms with Crippen LogP contribution in [0, 0.1) is 23.7 Å². The maximum Gasteiger partial charge on any atom is -0.0386 e. The largest absolute Gasteiger partial charge is 0.0533 e. The molecule has 0 saturated heterocycles. The van der Waals surface area contributed by atoms with Gasteiger partial charge in [0.05, 0.1) is 0 Å². The van der Waals surface area contributed by atoms with Gasteiger partial charge in [-0.15, -0.1) is 0 Å². The van der Waals surface area contributed by atoms with Crippen molar-refractivity contribution in [3.05, 3.63) is 0 Å². The van der Waals surface area contributed by atoms with Gasteiger partial charge in [-0.25, -0.2) is 0 Å². The summed E-state index contributed by atoms with van der Waals surface area (Å²) in [6.07, 6.45) is 29.4. The van der Waals surface area contributed by atoms with Crippen LogP contribution < -0.4 is 0 Å². The molecule has 0 radical (unpaired) electrons. The summed E-state index contributed by atoms with van der Waals surface area (Å²) in [4.78, 5) is 0. The van der Waals surface area contributed by atoms with Crippen LogP contribution in [0.2, 0.25) is 0 Å². The van der Waals surface area contributed by atoms with E-state index in [-0.39, 0.29) is 0 Å². The van der Waals surface area contributed by atoms with Crippen LogP contribution in [0.15, 0.2) is 0 Å². The summed E-state index contributed by atoms with van der Waals surface area (Å²) in [6, 6.07) is 0. The average molecular weight is 319 g/mol. The van der Waals surface area contributed by atoms with Crippen molar-refractivity contribution in [1.29, 1.82) is 0 Å². The van der Waals surface area contributed by atoms with Crippen LogP contribution >= 0.6 is 0 Å². The van der Waals surface area contributed by atoms with Crippen molar-refractivity contribution in [2.45, 2.75) is 122 Å². The summed E-state index contributed by atoms with van der Waals surface area (Å²) in [7, 11) is 0. The van der Waals surface area contributed by atoms with Crippen molar-refractivity contribution in [2.75, 3.05) is 0 Å². The third kappa shape index (κ3) is 6.09. The topological polar surface area (TPSA) is 0 Å². The Labute approximate surface area is 146 Å². The first-order valence-corrected chi connectivity index (χ1v) is 11.4. The van der Waals surface area contributed by atoms with E-state index in [0.717, 1.165) is 23.7 Å². The predicted molar refractivity (Wildman–Crippen MR) is 102 cm³/mol. The molecular weight excluding hydrogens is 276 g/mol. The zero-order valence-electron chi connectivity index (χ0n) is 15.7. The van der Waals surface area contributed by atoms with Gasteiger partial charge in [-0.05, 0) is 36.5 Å². The Balaban J connectivity index is 1.45. The van der Waals surface area contributed by atoms with Crippen LogP contribution in [0.4, 0.5) is 0 Å². The summed E-state index contributed by atoms with van der Waals surface area (Å²) < 4.78 is 0. The molecule has 0 spiro atoms. The Morgan fingerprint density at radius 2 is 0.870 bits per heavy atom. The predicted octanol–water partition coefficient (Wildman–Crippen LogP) is 7.90. The molecule has 3 aliphatic carbocycles. The molecule has 0 heteroatoms. The second-order valence-electron chi connectivity index (χ2n) is 9.32. The van der Waals surface area contributed by atoms with E-state index in [9.17, 15) is 0 Å². The highest BCUT2D eigenvalue weighted by atomic mass is 14.3. The third-order valence-electron chi connectivity index (χ3n) is 7.66. The minimum absolute atomic E-state index is 1.10. The van der Waals surface area contributed by atoms with Gasteiger partial charge in [-0.3, -0.25) is 0 Å². The van der Waals surface area contributed by atoms with Crippen molar-refractivity contribution < 1.29 is 0 Å². The van der Waals surface area contributed by atoms with Gasteiger partial charge in [0, 0.05) is 0 Å². The van der Waals surface area contributed by atoms with Crippen LogP contribution in [0.3, 0.4) is 0 Å². The average Bonchev–Trinajstić information content (AvgIpc) is 2.64. The molecule has 3 aliphatic rings. The number of rotatable bonds is 7. The van der Waals surface area contributed by atoms with Crippen molar-refractivity contribution in [3.8, 4) is 0 Å². The lowest BCUT2D eigenvalue weighted by atomic mass is 9.72. The molecule has 3 fully saturated rings. The first-order valence-electron chi connectivity index (χ1n) is 11.4. The molecular formula is C23H42. The molecule has 0 N–H and O–H groups in total. The fourth-order valence-electron chi connectivity index (χ4n) is 6.07. The standard InChI is InChI=1S/C23H42/c1-4-10-20(11-5-1)16-18-23(22-14-8-3-9-15-22)19-17-21-12-6-2-7-13-21/h20-23H,1-19H2. The summed E-state index contributed by atoms with van der Waals surface area (Å²) in [5, 5.41) is 0. The molecule has 0 aromatic heterocycles. The second-order valence-corrected chi connectivity index (χ2v) is 9.32. The SMILES string of the molecule is C1CCC(CCC(CCC2CCCCC2)C2CCCCC2)CC1. The zero-order valence-corrected chi connectivity index (χ0v) is 15.7. The van der Waals surface area contributed by atoms with E-state index in [1.807, 2.05) is 0 Å². The van der Waals surface area contributed by atoms with Gasteiger partial charge < -0.3 is 0 Å². The Kier molecular flexibility index (Phi) is 7.82. The molecule has 0 amide bonds. The summed E-state index contributed by atoms with van der Waals surface area (Å²) in [5.74, 6) is 4.41. The van der Waals surface area contributed by atoms with Crippen LogP contribution in [0.5, 0.6) is 0 Å². The van der Waals surface area contributed by atoms with Gasteiger partial charge in [0.1, 0.15) is 0 Å². The molecule has 3 saturated carbocycles. The Bertz CT molecular complexity index is 267. The lowest BCUT2D eigenvalue weighted by molar-refractivity contribution is 0.186. The molecule has 0 aliphatic heterocycles. The zero-order chi connectivity index (χ0) is 15.7. The quantitative estimate of drug-likeness (QED) is 0.447. The number of hydrogen-bond acceptors (Lipinski definition) is 0. The Morgan fingerprint density at radius 1 is 0.478 bits per heavy atom. The fraction of sp³-hybridized carbons (Fsp3) is 1.00. The normalized spacial score (nSPS) is 26.0. The van der Waals surface area contributed by atoms with E-state index in [4.69, 9.17) is 0 Å². The molecule has 0 nitrogen and oxygen atoms in total. The maximum absolute atomic E-state index is 1.59. The highest BCUT2D eigenvalue weighted by Crippen LogP contribution is 2.39. The van der Waals surface area contributed by atoms with Crippen molar-refractivity contribution >= 4 is 0 Å². The van der Waals surface area contributed by atoms with E-state index >= 15 is 0 Å². The molecule has 3 rings (SSSR count). The summed E-state index contributed by atoms with van der Waals surface area (Å²) >= 11 is 0. The highest BCUT2D eigenvalue weighted by Gasteiger charge is 2.26. The van der Waals surface area contributed by atoms with Crippen LogP contribution in [0.25, 0.3) is 0 Å². The molecule has 0 atom stereocenters. The van der Waals surface area contributed by atoms with Crippen molar-refractivity contribution in [1.82, 2.24) is 0 Å². The molecule has 0 unspecified atom stereocenters.